The van der Waals surface area contributed by atoms with Gasteiger partial charge in [-0.2, -0.15) is 0 Å². The molecule has 2 N–H and O–H groups in total. The Morgan fingerprint density at radius 2 is 2.00 bits per heavy atom. The number of fused-ring (bicyclic) bond motifs is 1. The molecule has 0 saturated carbocycles. The number of aryl methyl sites for hydroxylation is 1. The number of nitrogens with one attached hydrogen (secondary N) is 2. The van der Waals surface area contributed by atoms with E-state index in [4.69, 9.17) is 4.42 Å². The monoisotopic (exact) mass is 281 g/mol. The lowest BCUT2D eigenvalue weighted by molar-refractivity contribution is 0.251. The van der Waals surface area contributed by atoms with Crippen LogP contribution in [0.4, 0.5) is 10.5 Å². The molecule has 3 rings (SSSR count). The van der Waals surface area contributed by atoms with Crippen molar-refractivity contribution < 1.29 is 9.21 Å². The molecule has 5 nitrogen and oxygen atoms in total. The Hall–Kier alpha value is -2.82. The quantitative estimate of drug-likeness (QED) is 0.772. The third-order valence-corrected chi connectivity index (χ3v) is 3.05. The molecule has 0 saturated heterocycles. The van der Waals surface area contributed by atoms with Crippen LogP contribution in [0.1, 0.15) is 11.5 Å². The van der Waals surface area contributed by atoms with Crippen LogP contribution in [-0.4, -0.2) is 11.0 Å². The summed E-state index contributed by atoms with van der Waals surface area (Å²) in [5.41, 5.74) is 3.16. The van der Waals surface area contributed by atoms with Gasteiger partial charge in [-0.1, -0.05) is 30.3 Å². The number of amides is 2. The maximum atomic E-state index is 11.9. The molecular weight excluding hydrogens is 266 g/mol. The minimum Gasteiger partial charge on any atom is -0.441 e. The van der Waals surface area contributed by atoms with Gasteiger partial charge in [0.25, 0.3) is 0 Å². The van der Waals surface area contributed by atoms with Crippen molar-refractivity contribution in [3.05, 3.63) is 60.0 Å². The van der Waals surface area contributed by atoms with Gasteiger partial charge in [-0.05, 0) is 17.7 Å². The van der Waals surface area contributed by atoms with Crippen LogP contribution in [0.15, 0.2) is 52.9 Å². The van der Waals surface area contributed by atoms with Crippen molar-refractivity contribution in [3.8, 4) is 0 Å². The number of hydrogen-bond acceptors (Lipinski definition) is 3. The number of rotatable bonds is 3. The van der Waals surface area contributed by atoms with Crippen molar-refractivity contribution in [2.75, 3.05) is 5.32 Å². The smallest absolute Gasteiger partial charge is 0.319 e. The molecule has 21 heavy (non-hydrogen) atoms. The molecule has 0 spiro atoms. The zero-order valence-electron chi connectivity index (χ0n) is 11.6. The van der Waals surface area contributed by atoms with E-state index in [9.17, 15) is 4.79 Å². The molecule has 0 bridgehead atoms. The molecule has 0 fully saturated rings. The van der Waals surface area contributed by atoms with E-state index in [1.54, 1.807) is 19.1 Å². The summed E-state index contributed by atoms with van der Waals surface area (Å²) in [4.78, 5) is 16.1. The molecule has 0 unspecified atom stereocenters. The SMILES string of the molecule is Cc1nc2ccc(NC(=O)NCc3ccccc3)cc2o1. The Morgan fingerprint density at radius 3 is 2.81 bits per heavy atom. The van der Waals surface area contributed by atoms with E-state index in [-0.39, 0.29) is 6.03 Å². The number of carbonyl (C=O) groups is 1. The summed E-state index contributed by atoms with van der Waals surface area (Å²) in [6.45, 7) is 2.27. The topological polar surface area (TPSA) is 67.2 Å². The minimum absolute atomic E-state index is 0.255. The number of nitrogens with zero attached hydrogens (tertiary/aromatic N) is 1. The summed E-state index contributed by atoms with van der Waals surface area (Å²) in [7, 11) is 0. The average molecular weight is 281 g/mol. The third-order valence-electron chi connectivity index (χ3n) is 3.05. The van der Waals surface area contributed by atoms with Gasteiger partial charge in [0.05, 0.1) is 0 Å². The van der Waals surface area contributed by atoms with Crippen LogP contribution in [-0.2, 0) is 6.54 Å². The second-order valence-electron chi connectivity index (χ2n) is 4.71. The Bertz CT molecular complexity index is 766. The van der Waals surface area contributed by atoms with Gasteiger partial charge in [-0.25, -0.2) is 9.78 Å². The van der Waals surface area contributed by atoms with E-state index in [2.05, 4.69) is 15.6 Å². The highest BCUT2D eigenvalue weighted by molar-refractivity contribution is 5.91. The van der Waals surface area contributed by atoms with Crippen molar-refractivity contribution in [3.63, 3.8) is 0 Å². The first-order chi connectivity index (χ1) is 10.2. The zero-order chi connectivity index (χ0) is 14.7. The first-order valence-electron chi connectivity index (χ1n) is 6.67. The fourth-order valence-corrected chi connectivity index (χ4v) is 2.07. The molecule has 0 atom stereocenters. The van der Waals surface area contributed by atoms with E-state index < -0.39 is 0 Å². The fourth-order valence-electron chi connectivity index (χ4n) is 2.07. The summed E-state index contributed by atoms with van der Waals surface area (Å²) in [6, 6.07) is 14.9. The average Bonchev–Trinajstić information content (AvgIpc) is 2.85. The maximum Gasteiger partial charge on any atom is 0.319 e. The lowest BCUT2D eigenvalue weighted by atomic mass is 10.2. The fraction of sp³-hybridized carbons (Fsp3) is 0.125. The van der Waals surface area contributed by atoms with Gasteiger partial charge in [0, 0.05) is 25.2 Å². The normalized spacial score (nSPS) is 10.5. The zero-order valence-corrected chi connectivity index (χ0v) is 11.6. The van der Waals surface area contributed by atoms with E-state index >= 15 is 0 Å². The summed E-state index contributed by atoms with van der Waals surface area (Å²) >= 11 is 0. The third kappa shape index (κ3) is 3.20. The molecule has 0 radical (unpaired) electrons. The van der Waals surface area contributed by atoms with Crippen LogP contribution in [0.3, 0.4) is 0 Å². The van der Waals surface area contributed by atoms with Crippen molar-refractivity contribution in [1.29, 1.82) is 0 Å². The second kappa shape index (κ2) is 5.66. The molecule has 0 aliphatic carbocycles. The maximum absolute atomic E-state index is 11.9. The number of benzene rings is 2. The molecule has 2 aromatic carbocycles. The summed E-state index contributed by atoms with van der Waals surface area (Å²) in [6.07, 6.45) is 0. The highest BCUT2D eigenvalue weighted by atomic mass is 16.3. The highest BCUT2D eigenvalue weighted by Gasteiger charge is 2.06. The molecule has 0 aliphatic rings. The first-order valence-corrected chi connectivity index (χ1v) is 6.67. The molecule has 106 valence electrons. The van der Waals surface area contributed by atoms with Crippen LogP contribution in [0.2, 0.25) is 0 Å². The van der Waals surface area contributed by atoms with Gasteiger partial charge in [-0.15, -0.1) is 0 Å². The van der Waals surface area contributed by atoms with Crippen LogP contribution < -0.4 is 10.6 Å². The minimum atomic E-state index is -0.255. The predicted molar refractivity (Wildman–Crippen MR) is 81.0 cm³/mol. The van der Waals surface area contributed by atoms with Crippen LogP contribution in [0.25, 0.3) is 11.1 Å². The number of aromatic nitrogens is 1. The van der Waals surface area contributed by atoms with Crippen molar-refractivity contribution >= 4 is 22.8 Å². The van der Waals surface area contributed by atoms with Gasteiger partial charge in [0.1, 0.15) is 5.52 Å². The summed E-state index contributed by atoms with van der Waals surface area (Å²) < 4.78 is 5.44. The summed E-state index contributed by atoms with van der Waals surface area (Å²) in [5, 5.41) is 5.58. The van der Waals surface area contributed by atoms with E-state index in [1.165, 1.54) is 0 Å². The molecule has 5 heteroatoms. The number of anilines is 1. The van der Waals surface area contributed by atoms with Gasteiger partial charge in [0.15, 0.2) is 11.5 Å². The van der Waals surface area contributed by atoms with Gasteiger partial charge >= 0.3 is 6.03 Å². The molecule has 1 heterocycles. The van der Waals surface area contributed by atoms with Crippen molar-refractivity contribution in [2.45, 2.75) is 13.5 Å². The van der Waals surface area contributed by atoms with Crippen LogP contribution >= 0.6 is 0 Å². The van der Waals surface area contributed by atoms with E-state index in [0.29, 0.717) is 23.7 Å². The Balaban J connectivity index is 1.63. The number of oxazole rings is 1. The Morgan fingerprint density at radius 1 is 1.19 bits per heavy atom. The van der Waals surface area contributed by atoms with Crippen LogP contribution in [0.5, 0.6) is 0 Å². The highest BCUT2D eigenvalue weighted by Crippen LogP contribution is 2.19. The van der Waals surface area contributed by atoms with Crippen LogP contribution in [0, 0.1) is 6.92 Å². The molecule has 0 aliphatic heterocycles. The number of carbonyl (C=O) groups excluding carboxylic acids is 1. The Kier molecular flexibility index (Phi) is 3.55. The predicted octanol–water partition coefficient (Wildman–Crippen LogP) is 3.46. The van der Waals surface area contributed by atoms with E-state index in [0.717, 1.165) is 11.1 Å². The Labute approximate surface area is 122 Å². The molecule has 2 amide bonds. The van der Waals surface area contributed by atoms with E-state index in [1.807, 2.05) is 36.4 Å². The van der Waals surface area contributed by atoms with Gasteiger partial charge < -0.3 is 15.1 Å². The lowest BCUT2D eigenvalue weighted by Gasteiger charge is -2.07. The second-order valence-corrected chi connectivity index (χ2v) is 4.71. The number of hydrogen-bond donors (Lipinski definition) is 2. The molecule has 3 aromatic rings. The van der Waals surface area contributed by atoms with Gasteiger partial charge in [0.2, 0.25) is 0 Å². The first kappa shape index (κ1) is 13.2. The number of urea groups is 1. The lowest BCUT2D eigenvalue weighted by Crippen LogP contribution is -2.28. The van der Waals surface area contributed by atoms with Crippen molar-refractivity contribution in [1.82, 2.24) is 10.3 Å². The largest absolute Gasteiger partial charge is 0.441 e. The standard InChI is InChI=1S/C16H15N3O2/c1-11-18-14-8-7-13(9-15(14)21-11)19-16(20)17-10-12-5-3-2-4-6-12/h2-9H,10H2,1H3,(H2,17,19,20). The summed E-state index contributed by atoms with van der Waals surface area (Å²) in [5.74, 6) is 0.607. The molecule has 1 aromatic heterocycles. The molecular formula is C16H15N3O2. The van der Waals surface area contributed by atoms with Crippen molar-refractivity contribution in [2.24, 2.45) is 0 Å². The van der Waals surface area contributed by atoms with Gasteiger partial charge in [-0.3, -0.25) is 0 Å².